The monoisotopic (exact) mass is 399 g/mol. The van der Waals surface area contributed by atoms with Gasteiger partial charge in [0.2, 0.25) is 0 Å². The molecule has 0 bridgehead atoms. The van der Waals surface area contributed by atoms with Gasteiger partial charge in [0.25, 0.3) is 5.69 Å². The molecule has 1 aliphatic rings. The van der Waals surface area contributed by atoms with Crippen LogP contribution in [0.2, 0.25) is 0 Å². The van der Waals surface area contributed by atoms with Crippen LogP contribution in [0, 0.1) is 10.1 Å². The van der Waals surface area contributed by atoms with Crippen molar-refractivity contribution in [1.29, 1.82) is 0 Å². The highest BCUT2D eigenvalue weighted by Gasteiger charge is 2.20. The van der Waals surface area contributed by atoms with Gasteiger partial charge in [-0.05, 0) is 30.8 Å². The first kappa shape index (κ1) is 20.0. The van der Waals surface area contributed by atoms with Crippen LogP contribution >= 0.6 is 12.4 Å². The van der Waals surface area contributed by atoms with Gasteiger partial charge in [-0.3, -0.25) is 10.1 Å². The number of anilines is 1. The third kappa shape index (κ3) is 3.90. The summed E-state index contributed by atoms with van der Waals surface area (Å²) in [6.45, 7) is 7.13. The van der Waals surface area contributed by atoms with Crippen LogP contribution in [0.4, 0.5) is 11.5 Å². The summed E-state index contributed by atoms with van der Waals surface area (Å²) < 4.78 is 0. The first-order chi connectivity index (χ1) is 13.2. The molecule has 28 heavy (non-hydrogen) atoms. The minimum Gasteiger partial charge on any atom is -0.353 e. The lowest BCUT2D eigenvalue weighted by Crippen LogP contribution is -2.46. The van der Waals surface area contributed by atoms with Gasteiger partial charge in [0.15, 0.2) is 5.82 Å². The molecule has 0 atom stereocenters. The quantitative estimate of drug-likeness (QED) is 0.491. The zero-order chi connectivity index (χ0) is 18.8. The Hall–Kier alpha value is -2.77. The molecule has 0 unspecified atom stereocenters. The van der Waals surface area contributed by atoms with Crippen molar-refractivity contribution in [2.75, 3.05) is 37.6 Å². The van der Waals surface area contributed by atoms with Gasteiger partial charge >= 0.3 is 0 Å². The van der Waals surface area contributed by atoms with E-state index in [1.54, 1.807) is 12.1 Å². The Bertz CT molecular complexity index is 972. The maximum Gasteiger partial charge on any atom is 0.269 e. The van der Waals surface area contributed by atoms with Gasteiger partial charge in [-0.2, -0.15) is 0 Å². The van der Waals surface area contributed by atoms with Crippen LogP contribution in [0.15, 0.2) is 48.5 Å². The SMILES string of the molecule is CCN1CCN(c2nc(-c3ccc([N+](=O)[O-])cc3)nc3ccccc23)CC1.Cl. The summed E-state index contributed by atoms with van der Waals surface area (Å²) in [4.78, 5) is 24.8. The highest BCUT2D eigenvalue weighted by Crippen LogP contribution is 2.29. The molecule has 2 heterocycles. The molecule has 1 saturated heterocycles. The zero-order valence-corrected chi connectivity index (χ0v) is 16.4. The molecule has 0 radical (unpaired) electrons. The van der Waals surface area contributed by atoms with Crippen molar-refractivity contribution in [3.63, 3.8) is 0 Å². The average molecular weight is 400 g/mol. The number of hydrogen-bond acceptors (Lipinski definition) is 6. The first-order valence-corrected chi connectivity index (χ1v) is 9.14. The predicted octanol–water partition coefficient (Wildman–Crippen LogP) is 3.77. The molecule has 0 N–H and O–H groups in total. The molecule has 0 saturated carbocycles. The van der Waals surface area contributed by atoms with Crippen molar-refractivity contribution in [3.8, 4) is 11.4 Å². The van der Waals surface area contributed by atoms with E-state index in [0.29, 0.717) is 5.82 Å². The van der Waals surface area contributed by atoms with E-state index in [4.69, 9.17) is 4.98 Å². The second-order valence-corrected chi connectivity index (χ2v) is 6.61. The molecule has 4 rings (SSSR count). The van der Waals surface area contributed by atoms with Crippen LogP contribution in [-0.4, -0.2) is 52.5 Å². The van der Waals surface area contributed by atoms with E-state index < -0.39 is 4.92 Å². The van der Waals surface area contributed by atoms with Crippen molar-refractivity contribution in [2.24, 2.45) is 0 Å². The topological polar surface area (TPSA) is 75.4 Å². The fourth-order valence-corrected chi connectivity index (χ4v) is 3.44. The summed E-state index contributed by atoms with van der Waals surface area (Å²) in [5.74, 6) is 1.53. The minimum atomic E-state index is -0.399. The number of nitro groups is 1. The number of rotatable bonds is 4. The Balaban J connectivity index is 0.00000225. The molecule has 0 amide bonds. The molecule has 1 fully saturated rings. The molecule has 3 aromatic rings. The van der Waals surface area contributed by atoms with Crippen LogP contribution in [0.3, 0.4) is 0 Å². The van der Waals surface area contributed by atoms with Gasteiger partial charge in [0.05, 0.1) is 10.4 Å². The van der Waals surface area contributed by atoms with Gasteiger partial charge in [0, 0.05) is 49.3 Å². The average Bonchev–Trinajstić information content (AvgIpc) is 2.73. The van der Waals surface area contributed by atoms with E-state index in [-0.39, 0.29) is 18.1 Å². The summed E-state index contributed by atoms with van der Waals surface area (Å²) in [7, 11) is 0. The molecule has 0 aliphatic carbocycles. The van der Waals surface area contributed by atoms with Crippen molar-refractivity contribution in [3.05, 3.63) is 58.6 Å². The molecule has 1 aliphatic heterocycles. The number of halogens is 1. The Morgan fingerprint density at radius 3 is 2.32 bits per heavy atom. The third-order valence-corrected chi connectivity index (χ3v) is 5.04. The number of likely N-dealkylation sites (N-methyl/N-ethyl adjacent to an activating group) is 1. The molecular formula is C20H22ClN5O2. The highest BCUT2D eigenvalue weighted by molar-refractivity contribution is 5.91. The van der Waals surface area contributed by atoms with E-state index >= 15 is 0 Å². The summed E-state index contributed by atoms with van der Waals surface area (Å²) in [5.41, 5.74) is 1.73. The zero-order valence-electron chi connectivity index (χ0n) is 15.6. The molecule has 1 aromatic heterocycles. The molecular weight excluding hydrogens is 378 g/mol. The summed E-state index contributed by atoms with van der Waals surface area (Å²) in [6, 6.07) is 14.4. The lowest BCUT2D eigenvalue weighted by Gasteiger charge is -2.35. The van der Waals surface area contributed by atoms with Crippen LogP contribution < -0.4 is 4.90 Å². The summed E-state index contributed by atoms with van der Waals surface area (Å²) >= 11 is 0. The number of piperazine rings is 1. The smallest absolute Gasteiger partial charge is 0.269 e. The van der Waals surface area contributed by atoms with Gasteiger partial charge in [-0.15, -0.1) is 12.4 Å². The largest absolute Gasteiger partial charge is 0.353 e. The van der Waals surface area contributed by atoms with E-state index in [0.717, 1.165) is 55.0 Å². The third-order valence-electron chi connectivity index (χ3n) is 5.04. The van der Waals surface area contributed by atoms with Gasteiger partial charge in [-0.25, -0.2) is 9.97 Å². The maximum atomic E-state index is 10.9. The van der Waals surface area contributed by atoms with Crippen molar-refractivity contribution in [1.82, 2.24) is 14.9 Å². The number of aromatic nitrogens is 2. The van der Waals surface area contributed by atoms with Crippen molar-refractivity contribution >= 4 is 34.8 Å². The number of nitrogens with zero attached hydrogens (tertiary/aromatic N) is 5. The first-order valence-electron chi connectivity index (χ1n) is 9.14. The molecule has 0 spiro atoms. The number of nitro benzene ring substituents is 1. The number of fused-ring (bicyclic) bond motifs is 1. The molecule has 7 nitrogen and oxygen atoms in total. The van der Waals surface area contributed by atoms with E-state index in [1.165, 1.54) is 12.1 Å². The predicted molar refractivity (Wildman–Crippen MR) is 113 cm³/mol. The van der Waals surface area contributed by atoms with Crippen LogP contribution in [0.25, 0.3) is 22.3 Å². The Labute approximate surface area is 169 Å². The minimum absolute atomic E-state index is 0. The normalized spacial score (nSPS) is 14.7. The van der Waals surface area contributed by atoms with Gasteiger partial charge in [0.1, 0.15) is 5.82 Å². The highest BCUT2D eigenvalue weighted by atomic mass is 35.5. The summed E-state index contributed by atoms with van der Waals surface area (Å²) in [5, 5.41) is 11.9. The molecule has 146 valence electrons. The van der Waals surface area contributed by atoms with Gasteiger partial charge < -0.3 is 9.80 Å². The Morgan fingerprint density at radius 1 is 1.00 bits per heavy atom. The second-order valence-electron chi connectivity index (χ2n) is 6.61. The van der Waals surface area contributed by atoms with Crippen LogP contribution in [0.1, 0.15) is 6.92 Å². The van der Waals surface area contributed by atoms with Gasteiger partial charge in [-0.1, -0.05) is 19.1 Å². The Kier molecular flexibility index (Phi) is 6.06. The fourth-order valence-electron chi connectivity index (χ4n) is 3.44. The van der Waals surface area contributed by atoms with Crippen LogP contribution in [0.5, 0.6) is 0 Å². The number of hydrogen-bond donors (Lipinski definition) is 0. The maximum absolute atomic E-state index is 10.9. The second kappa shape index (κ2) is 8.50. The standard InChI is InChI=1S/C20H21N5O2.ClH/c1-2-23-11-13-24(14-12-23)20-17-5-3-4-6-18(17)21-19(22-20)15-7-9-16(10-8-15)25(26)27;/h3-10H,2,11-14H2,1H3;1H. The van der Waals surface area contributed by atoms with E-state index in [1.807, 2.05) is 18.2 Å². The Morgan fingerprint density at radius 2 is 1.68 bits per heavy atom. The van der Waals surface area contributed by atoms with E-state index in [2.05, 4.69) is 27.8 Å². The lowest BCUT2D eigenvalue weighted by molar-refractivity contribution is -0.384. The molecule has 2 aromatic carbocycles. The van der Waals surface area contributed by atoms with Crippen molar-refractivity contribution < 1.29 is 4.92 Å². The number of benzene rings is 2. The van der Waals surface area contributed by atoms with E-state index in [9.17, 15) is 10.1 Å². The summed E-state index contributed by atoms with van der Waals surface area (Å²) in [6.07, 6.45) is 0. The lowest BCUT2D eigenvalue weighted by atomic mass is 10.1. The van der Waals surface area contributed by atoms with Crippen LogP contribution in [-0.2, 0) is 0 Å². The number of para-hydroxylation sites is 1. The number of non-ortho nitro benzene ring substituents is 1. The molecule has 8 heteroatoms. The van der Waals surface area contributed by atoms with Crippen molar-refractivity contribution in [2.45, 2.75) is 6.92 Å². The fraction of sp³-hybridized carbons (Fsp3) is 0.300.